The monoisotopic (exact) mass is 298 g/mol. The molecule has 0 aromatic heterocycles. The van der Waals surface area contributed by atoms with Crippen LogP contribution in [0, 0.1) is 0 Å². The van der Waals surface area contributed by atoms with Crippen molar-refractivity contribution in [2.75, 3.05) is 13.1 Å². The highest BCUT2D eigenvalue weighted by Crippen LogP contribution is 2.29. The number of alkyl halides is 3. The summed E-state index contributed by atoms with van der Waals surface area (Å²) in [4.78, 5) is 13.1. The SMILES string of the molecule is C=CC(=O)N1CC[C@@H](NCc2ccc(C(F)(F)F)cc2)C1. The van der Waals surface area contributed by atoms with Crippen LogP contribution in [0.2, 0.25) is 0 Å². The molecule has 0 bridgehead atoms. The van der Waals surface area contributed by atoms with Crippen LogP contribution in [-0.2, 0) is 17.5 Å². The fourth-order valence-electron chi connectivity index (χ4n) is 2.33. The van der Waals surface area contributed by atoms with Crippen LogP contribution in [-0.4, -0.2) is 29.9 Å². The molecular formula is C15H17F3N2O. The molecule has 1 aliphatic rings. The van der Waals surface area contributed by atoms with Gasteiger partial charge >= 0.3 is 6.18 Å². The lowest BCUT2D eigenvalue weighted by Gasteiger charge is -2.15. The first kappa shape index (κ1) is 15.6. The molecule has 1 aromatic carbocycles. The number of benzene rings is 1. The number of hydrogen-bond donors (Lipinski definition) is 1. The smallest absolute Gasteiger partial charge is 0.338 e. The number of likely N-dealkylation sites (tertiary alicyclic amines) is 1. The van der Waals surface area contributed by atoms with Gasteiger partial charge in [-0.2, -0.15) is 13.2 Å². The molecular weight excluding hydrogens is 281 g/mol. The average Bonchev–Trinajstić information content (AvgIpc) is 2.92. The minimum Gasteiger partial charge on any atom is -0.338 e. The third-order valence-electron chi connectivity index (χ3n) is 3.55. The molecule has 1 heterocycles. The van der Waals surface area contributed by atoms with E-state index in [2.05, 4.69) is 11.9 Å². The standard InChI is InChI=1S/C15H17F3N2O/c1-2-14(21)20-8-7-13(10-20)19-9-11-3-5-12(6-4-11)15(16,17)18/h2-6,13,19H,1,7-10H2/t13-/m1/s1. The normalized spacial score (nSPS) is 18.8. The lowest BCUT2D eigenvalue weighted by molar-refractivity contribution is -0.137. The van der Waals surface area contributed by atoms with Crippen molar-refractivity contribution in [1.82, 2.24) is 10.2 Å². The van der Waals surface area contributed by atoms with Gasteiger partial charge < -0.3 is 10.2 Å². The second kappa shape index (κ2) is 6.30. The number of amides is 1. The minimum atomic E-state index is -4.30. The molecule has 1 aromatic rings. The third-order valence-corrected chi connectivity index (χ3v) is 3.55. The van der Waals surface area contributed by atoms with Crippen molar-refractivity contribution in [1.29, 1.82) is 0 Å². The van der Waals surface area contributed by atoms with Gasteiger partial charge in [0.15, 0.2) is 0 Å². The Balaban J connectivity index is 1.84. The van der Waals surface area contributed by atoms with Gasteiger partial charge in [-0.25, -0.2) is 0 Å². The highest BCUT2D eigenvalue weighted by Gasteiger charge is 2.30. The zero-order chi connectivity index (χ0) is 15.5. The van der Waals surface area contributed by atoms with Crippen molar-refractivity contribution in [3.05, 3.63) is 48.0 Å². The Morgan fingerprint density at radius 1 is 1.38 bits per heavy atom. The van der Waals surface area contributed by atoms with E-state index in [4.69, 9.17) is 0 Å². The van der Waals surface area contributed by atoms with Crippen molar-refractivity contribution in [3.8, 4) is 0 Å². The zero-order valence-corrected chi connectivity index (χ0v) is 11.5. The summed E-state index contributed by atoms with van der Waals surface area (Å²) in [5, 5.41) is 3.26. The minimum absolute atomic E-state index is 0.0890. The number of hydrogen-bond acceptors (Lipinski definition) is 2. The predicted molar refractivity (Wildman–Crippen MR) is 73.5 cm³/mol. The molecule has 1 amide bonds. The molecule has 1 fully saturated rings. The molecule has 1 atom stereocenters. The molecule has 6 heteroatoms. The third kappa shape index (κ3) is 4.07. The van der Waals surface area contributed by atoms with Crippen LogP contribution in [0.4, 0.5) is 13.2 Å². The molecule has 1 N–H and O–H groups in total. The first-order valence-corrected chi connectivity index (χ1v) is 6.71. The molecule has 0 unspecified atom stereocenters. The number of nitrogens with zero attached hydrogens (tertiary/aromatic N) is 1. The van der Waals surface area contributed by atoms with Crippen molar-refractivity contribution >= 4 is 5.91 Å². The van der Waals surface area contributed by atoms with Gasteiger partial charge in [-0.3, -0.25) is 4.79 Å². The average molecular weight is 298 g/mol. The van der Waals surface area contributed by atoms with E-state index in [9.17, 15) is 18.0 Å². The summed E-state index contributed by atoms with van der Waals surface area (Å²) in [5.41, 5.74) is 0.145. The molecule has 1 saturated heterocycles. The largest absolute Gasteiger partial charge is 0.416 e. The Morgan fingerprint density at radius 3 is 2.62 bits per heavy atom. The second-order valence-electron chi connectivity index (χ2n) is 5.05. The van der Waals surface area contributed by atoms with Crippen molar-refractivity contribution < 1.29 is 18.0 Å². The maximum Gasteiger partial charge on any atom is 0.416 e. The lowest BCUT2D eigenvalue weighted by Crippen LogP contribution is -2.34. The first-order valence-electron chi connectivity index (χ1n) is 6.71. The molecule has 0 radical (unpaired) electrons. The summed E-state index contributed by atoms with van der Waals surface area (Å²) in [5.74, 6) is -0.0890. The lowest BCUT2D eigenvalue weighted by atomic mass is 10.1. The second-order valence-corrected chi connectivity index (χ2v) is 5.05. The molecule has 1 aliphatic heterocycles. The highest BCUT2D eigenvalue weighted by atomic mass is 19.4. The maximum absolute atomic E-state index is 12.4. The molecule has 2 rings (SSSR count). The fourth-order valence-corrected chi connectivity index (χ4v) is 2.33. The number of halogens is 3. The molecule has 0 saturated carbocycles. The van der Waals surface area contributed by atoms with Gasteiger partial charge in [0.2, 0.25) is 5.91 Å². The van der Waals surface area contributed by atoms with Crippen LogP contribution in [0.15, 0.2) is 36.9 Å². The quantitative estimate of drug-likeness (QED) is 0.867. The summed E-state index contributed by atoms with van der Waals surface area (Å²) in [6, 6.07) is 5.27. The Kier molecular flexibility index (Phi) is 4.67. The van der Waals surface area contributed by atoms with Gasteiger partial charge in [0.1, 0.15) is 0 Å². The number of nitrogens with one attached hydrogen (secondary N) is 1. The molecule has 0 spiro atoms. The topological polar surface area (TPSA) is 32.3 Å². The first-order chi connectivity index (χ1) is 9.90. The van der Waals surface area contributed by atoms with Crippen molar-refractivity contribution in [3.63, 3.8) is 0 Å². The summed E-state index contributed by atoms with van der Waals surface area (Å²) in [6.07, 6.45) is -2.18. The van der Waals surface area contributed by atoms with Gasteiger partial charge in [0.25, 0.3) is 0 Å². The Bertz CT molecular complexity index is 511. The summed E-state index contributed by atoms with van der Waals surface area (Å²) in [6.45, 7) is 5.21. The Morgan fingerprint density at radius 2 is 2.05 bits per heavy atom. The van der Waals surface area contributed by atoms with E-state index in [0.29, 0.717) is 19.6 Å². The zero-order valence-electron chi connectivity index (χ0n) is 11.5. The molecule has 3 nitrogen and oxygen atoms in total. The van der Waals surface area contributed by atoms with Crippen LogP contribution in [0.3, 0.4) is 0 Å². The predicted octanol–water partition coefficient (Wildman–Crippen LogP) is 2.58. The Hall–Kier alpha value is -1.82. The summed E-state index contributed by atoms with van der Waals surface area (Å²) < 4.78 is 37.3. The van der Waals surface area contributed by atoms with Crippen LogP contribution < -0.4 is 5.32 Å². The van der Waals surface area contributed by atoms with Gasteiger partial charge in [-0.1, -0.05) is 18.7 Å². The highest BCUT2D eigenvalue weighted by molar-refractivity contribution is 5.87. The molecule has 114 valence electrons. The number of carbonyl (C=O) groups is 1. The number of rotatable bonds is 4. The van der Waals surface area contributed by atoms with E-state index in [1.54, 1.807) is 4.90 Å². The van der Waals surface area contributed by atoms with Crippen molar-refractivity contribution in [2.45, 2.75) is 25.2 Å². The van der Waals surface area contributed by atoms with E-state index in [0.717, 1.165) is 24.1 Å². The molecule has 0 aliphatic carbocycles. The van der Waals surface area contributed by atoms with Crippen LogP contribution in [0.5, 0.6) is 0 Å². The fraction of sp³-hybridized carbons (Fsp3) is 0.400. The Labute approximate surface area is 121 Å². The van der Waals surface area contributed by atoms with Gasteiger partial charge in [-0.05, 0) is 30.2 Å². The van der Waals surface area contributed by atoms with E-state index >= 15 is 0 Å². The van der Waals surface area contributed by atoms with E-state index in [1.165, 1.54) is 18.2 Å². The van der Waals surface area contributed by atoms with Gasteiger partial charge in [0.05, 0.1) is 5.56 Å². The van der Waals surface area contributed by atoms with Gasteiger partial charge in [-0.15, -0.1) is 0 Å². The van der Waals surface area contributed by atoms with Crippen molar-refractivity contribution in [2.24, 2.45) is 0 Å². The van der Waals surface area contributed by atoms with E-state index < -0.39 is 11.7 Å². The van der Waals surface area contributed by atoms with Crippen LogP contribution in [0.1, 0.15) is 17.5 Å². The van der Waals surface area contributed by atoms with E-state index in [-0.39, 0.29) is 11.9 Å². The maximum atomic E-state index is 12.4. The molecule has 21 heavy (non-hydrogen) atoms. The van der Waals surface area contributed by atoms with E-state index in [1.807, 2.05) is 0 Å². The summed E-state index contributed by atoms with van der Waals surface area (Å²) >= 11 is 0. The number of carbonyl (C=O) groups excluding carboxylic acids is 1. The van der Waals surface area contributed by atoms with Crippen LogP contribution in [0.25, 0.3) is 0 Å². The van der Waals surface area contributed by atoms with Gasteiger partial charge in [0, 0.05) is 25.7 Å². The summed E-state index contributed by atoms with van der Waals surface area (Å²) in [7, 11) is 0. The van der Waals surface area contributed by atoms with Crippen LogP contribution >= 0.6 is 0 Å².